The van der Waals surface area contributed by atoms with E-state index in [1.807, 2.05) is 0 Å². The molecule has 0 bridgehead atoms. The number of thioether (sulfide) groups is 1. The second-order valence-corrected chi connectivity index (χ2v) is 7.50. The van der Waals surface area contributed by atoms with E-state index in [9.17, 15) is 9.90 Å². The fourth-order valence-corrected chi connectivity index (χ4v) is 3.97. The number of aromatic amines is 1. The first kappa shape index (κ1) is 14.4. The Morgan fingerprint density at radius 1 is 1.47 bits per heavy atom. The van der Waals surface area contributed by atoms with Crippen LogP contribution in [0.1, 0.15) is 40.0 Å². The van der Waals surface area contributed by atoms with Gasteiger partial charge in [-0.1, -0.05) is 32.5 Å². The van der Waals surface area contributed by atoms with Crippen molar-refractivity contribution in [1.29, 1.82) is 0 Å². The fraction of sp³-hybridized carbons (Fsp3) is 0.769. The summed E-state index contributed by atoms with van der Waals surface area (Å²) in [5, 5.41) is 16.8. The lowest BCUT2D eigenvalue weighted by atomic mass is 9.69. The molecular weight excluding hydrogens is 262 g/mol. The van der Waals surface area contributed by atoms with Crippen molar-refractivity contribution in [2.75, 3.05) is 0 Å². The predicted molar refractivity (Wildman–Crippen MR) is 73.9 cm³/mol. The summed E-state index contributed by atoms with van der Waals surface area (Å²) in [4.78, 5) is 15.5. The number of H-pyrrole nitrogens is 1. The van der Waals surface area contributed by atoms with Gasteiger partial charge in [-0.15, -0.1) is 0 Å². The van der Waals surface area contributed by atoms with Gasteiger partial charge in [0.1, 0.15) is 6.33 Å². The van der Waals surface area contributed by atoms with E-state index in [0.717, 1.165) is 19.3 Å². The molecule has 1 fully saturated rings. The molecule has 0 amide bonds. The van der Waals surface area contributed by atoms with Crippen molar-refractivity contribution in [2.45, 2.75) is 50.4 Å². The molecule has 1 aliphatic rings. The highest BCUT2D eigenvalue weighted by Gasteiger charge is 2.39. The van der Waals surface area contributed by atoms with Gasteiger partial charge in [0.15, 0.2) is 5.16 Å². The SMILES string of the molecule is CC(C)(C)C1CCC(C(=O)O)C(Sc2ncn[nH]2)C1. The average molecular weight is 283 g/mol. The number of nitrogens with one attached hydrogen (secondary N) is 1. The zero-order valence-corrected chi connectivity index (χ0v) is 12.4. The molecule has 5 nitrogen and oxygen atoms in total. The fourth-order valence-electron chi connectivity index (χ4n) is 2.72. The molecule has 106 valence electrons. The summed E-state index contributed by atoms with van der Waals surface area (Å²) in [7, 11) is 0. The lowest BCUT2D eigenvalue weighted by Gasteiger charge is -2.39. The standard InChI is InChI=1S/C13H21N3O2S/c1-13(2,3)8-4-5-9(11(17)18)10(6-8)19-12-14-7-15-16-12/h7-10H,4-6H2,1-3H3,(H,17,18)(H,14,15,16). The number of carboxylic acids is 1. The highest BCUT2D eigenvalue weighted by molar-refractivity contribution is 7.99. The molecule has 2 rings (SSSR count). The largest absolute Gasteiger partial charge is 0.481 e. The minimum absolute atomic E-state index is 0.0726. The van der Waals surface area contributed by atoms with Gasteiger partial charge < -0.3 is 5.11 Å². The summed E-state index contributed by atoms with van der Waals surface area (Å²) in [6, 6.07) is 0. The van der Waals surface area contributed by atoms with Crippen molar-refractivity contribution >= 4 is 17.7 Å². The van der Waals surface area contributed by atoms with Crippen LogP contribution in [0, 0.1) is 17.3 Å². The number of hydrogen-bond donors (Lipinski definition) is 2. The third kappa shape index (κ3) is 3.49. The summed E-state index contributed by atoms with van der Waals surface area (Å²) >= 11 is 1.52. The Bertz CT molecular complexity index is 428. The minimum atomic E-state index is -0.690. The van der Waals surface area contributed by atoms with Crippen LogP contribution in [0.4, 0.5) is 0 Å². The topological polar surface area (TPSA) is 78.9 Å². The molecule has 1 aromatic rings. The average Bonchev–Trinajstić information content (AvgIpc) is 2.80. The van der Waals surface area contributed by atoms with Crippen molar-refractivity contribution in [3.05, 3.63) is 6.33 Å². The van der Waals surface area contributed by atoms with Gasteiger partial charge in [0.2, 0.25) is 0 Å². The maximum Gasteiger partial charge on any atom is 0.307 e. The minimum Gasteiger partial charge on any atom is -0.481 e. The number of hydrogen-bond acceptors (Lipinski definition) is 4. The lowest BCUT2D eigenvalue weighted by molar-refractivity contribution is -0.143. The van der Waals surface area contributed by atoms with E-state index in [4.69, 9.17) is 0 Å². The monoisotopic (exact) mass is 283 g/mol. The quantitative estimate of drug-likeness (QED) is 0.891. The third-order valence-electron chi connectivity index (χ3n) is 3.99. The molecule has 1 heterocycles. The van der Waals surface area contributed by atoms with E-state index in [-0.39, 0.29) is 16.6 Å². The molecule has 3 unspecified atom stereocenters. The van der Waals surface area contributed by atoms with E-state index in [1.165, 1.54) is 18.1 Å². The van der Waals surface area contributed by atoms with Crippen LogP contribution in [0.15, 0.2) is 11.5 Å². The van der Waals surface area contributed by atoms with Gasteiger partial charge in [0.05, 0.1) is 5.92 Å². The second-order valence-electron chi connectivity index (χ2n) is 6.27. The molecular formula is C13H21N3O2S. The Kier molecular flexibility index (Phi) is 4.18. The Morgan fingerprint density at radius 2 is 2.21 bits per heavy atom. The van der Waals surface area contributed by atoms with Crippen LogP contribution in [0.25, 0.3) is 0 Å². The lowest BCUT2D eigenvalue weighted by Crippen LogP contribution is -2.37. The normalized spacial score (nSPS) is 28.3. The number of carboxylic acid groups (broad SMARTS) is 1. The van der Waals surface area contributed by atoms with Crippen LogP contribution < -0.4 is 0 Å². The molecule has 0 aromatic carbocycles. The van der Waals surface area contributed by atoms with Crippen molar-refractivity contribution in [1.82, 2.24) is 15.2 Å². The predicted octanol–water partition coefficient (Wildman–Crippen LogP) is 2.81. The second kappa shape index (κ2) is 5.53. The Morgan fingerprint density at radius 3 is 2.74 bits per heavy atom. The summed E-state index contributed by atoms with van der Waals surface area (Å²) < 4.78 is 0. The molecule has 0 saturated heterocycles. The molecule has 6 heteroatoms. The van der Waals surface area contributed by atoms with Gasteiger partial charge in [0.25, 0.3) is 0 Å². The van der Waals surface area contributed by atoms with Gasteiger partial charge in [0, 0.05) is 5.25 Å². The molecule has 1 saturated carbocycles. The first-order valence-corrected chi connectivity index (χ1v) is 7.50. The van der Waals surface area contributed by atoms with E-state index in [0.29, 0.717) is 11.1 Å². The highest BCUT2D eigenvalue weighted by atomic mass is 32.2. The molecule has 2 N–H and O–H groups in total. The summed E-state index contributed by atoms with van der Waals surface area (Å²) in [6.07, 6.45) is 4.13. The van der Waals surface area contributed by atoms with Crippen molar-refractivity contribution in [2.24, 2.45) is 17.3 Å². The number of aliphatic carboxylic acids is 1. The smallest absolute Gasteiger partial charge is 0.307 e. The van der Waals surface area contributed by atoms with Crippen LogP contribution in [-0.2, 0) is 4.79 Å². The molecule has 3 atom stereocenters. The van der Waals surface area contributed by atoms with Crippen LogP contribution in [0.3, 0.4) is 0 Å². The van der Waals surface area contributed by atoms with Gasteiger partial charge in [-0.3, -0.25) is 9.89 Å². The maximum atomic E-state index is 11.4. The van der Waals surface area contributed by atoms with Gasteiger partial charge in [-0.05, 0) is 30.6 Å². The molecule has 0 radical (unpaired) electrons. The zero-order valence-electron chi connectivity index (χ0n) is 11.6. The van der Waals surface area contributed by atoms with Gasteiger partial charge in [-0.2, -0.15) is 5.10 Å². The number of nitrogens with zero attached hydrogens (tertiary/aromatic N) is 2. The van der Waals surface area contributed by atoms with Crippen LogP contribution in [0.2, 0.25) is 0 Å². The summed E-state index contributed by atoms with van der Waals surface area (Å²) in [5.74, 6) is -0.415. The van der Waals surface area contributed by atoms with Gasteiger partial charge in [-0.25, -0.2) is 4.98 Å². The van der Waals surface area contributed by atoms with E-state index >= 15 is 0 Å². The Balaban J connectivity index is 2.11. The Hall–Kier alpha value is -1.04. The van der Waals surface area contributed by atoms with Crippen LogP contribution in [-0.4, -0.2) is 31.5 Å². The first-order valence-electron chi connectivity index (χ1n) is 6.62. The summed E-state index contributed by atoms with van der Waals surface area (Å²) in [5.41, 5.74) is 0.226. The van der Waals surface area contributed by atoms with Crippen molar-refractivity contribution < 1.29 is 9.90 Å². The summed E-state index contributed by atoms with van der Waals surface area (Å²) in [6.45, 7) is 6.69. The van der Waals surface area contributed by atoms with E-state index in [1.54, 1.807) is 0 Å². The highest BCUT2D eigenvalue weighted by Crippen LogP contribution is 2.45. The van der Waals surface area contributed by atoms with Crippen LogP contribution in [0.5, 0.6) is 0 Å². The molecule has 1 aromatic heterocycles. The Labute approximate surface area is 117 Å². The maximum absolute atomic E-state index is 11.4. The molecule has 1 aliphatic carbocycles. The van der Waals surface area contributed by atoms with E-state index in [2.05, 4.69) is 36.0 Å². The first-order chi connectivity index (χ1) is 8.88. The number of aromatic nitrogens is 3. The van der Waals surface area contributed by atoms with Crippen molar-refractivity contribution in [3.8, 4) is 0 Å². The number of carbonyl (C=O) groups is 1. The molecule has 19 heavy (non-hydrogen) atoms. The van der Waals surface area contributed by atoms with Gasteiger partial charge >= 0.3 is 5.97 Å². The van der Waals surface area contributed by atoms with Crippen molar-refractivity contribution in [3.63, 3.8) is 0 Å². The van der Waals surface area contributed by atoms with E-state index < -0.39 is 5.97 Å². The number of rotatable bonds is 3. The molecule has 0 aliphatic heterocycles. The van der Waals surface area contributed by atoms with Crippen LogP contribution >= 0.6 is 11.8 Å². The molecule has 0 spiro atoms. The zero-order chi connectivity index (χ0) is 14.0. The third-order valence-corrected chi connectivity index (χ3v) is 5.23.